The standard InChI is InChI=1S/C16H23N5O2/c17-15-14-16(19-9-18-15)21(10-20-14)8-12-7-11(12)4-6-23-13-3-1-2-5-22-13/h9-13H,1-8H2,(H2,17,18,19)/t11-,12+,13?/m1/s1. The van der Waals surface area contributed by atoms with Gasteiger partial charge in [0.1, 0.15) is 11.8 Å². The van der Waals surface area contributed by atoms with Crippen LogP contribution < -0.4 is 5.73 Å². The second-order valence-corrected chi connectivity index (χ2v) is 6.54. The lowest BCUT2D eigenvalue weighted by atomic mass is 10.2. The molecule has 1 aliphatic heterocycles. The first-order valence-electron chi connectivity index (χ1n) is 8.46. The van der Waals surface area contributed by atoms with Gasteiger partial charge in [-0.1, -0.05) is 0 Å². The monoisotopic (exact) mass is 317 g/mol. The van der Waals surface area contributed by atoms with Gasteiger partial charge in [-0.3, -0.25) is 0 Å². The second-order valence-electron chi connectivity index (χ2n) is 6.54. The molecule has 1 unspecified atom stereocenters. The molecule has 4 rings (SSSR count). The lowest BCUT2D eigenvalue weighted by molar-refractivity contribution is -0.163. The highest BCUT2D eigenvalue weighted by Crippen LogP contribution is 2.42. The minimum Gasteiger partial charge on any atom is -0.382 e. The molecule has 2 fully saturated rings. The molecule has 124 valence electrons. The summed E-state index contributed by atoms with van der Waals surface area (Å²) in [4.78, 5) is 12.6. The Kier molecular flexibility index (Phi) is 4.13. The van der Waals surface area contributed by atoms with Gasteiger partial charge in [0.15, 0.2) is 17.8 Å². The van der Waals surface area contributed by atoms with E-state index in [2.05, 4.69) is 19.5 Å². The van der Waals surface area contributed by atoms with E-state index in [1.807, 2.05) is 6.33 Å². The Morgan fingerprint density at radius 3 is 3.09 bits per heavy atom. The molecule has 2 aromatic rings. The number of nitrogens with two attached hydrogens (primary N) is 1. The van der Waals surface area contributed by atoms with Crippen LogP contribution in [0, 0.1) is 11.8 Å². The average molecular weight is 317 g/mol. The van der Waals surface area contributed by atoms with Crippen LogP contribution in [0.5, 0.6) is 0 Å². The normalized spacial score (nSPS) is 27.4. The minimum absolute atomic E-state index is 0.0261. The Labute approximate surface area is 135 Å². The molecule has 3 heterocycles. The number of hydrogen-bond acceptors (Lipinski definition) is 6. The van der Waals surface area contributed by atoms with Crippen molar-refractivity contribution >= 4 is 17.0 Å². The van der Waals surface area contributed by atoms with E-state index in [4.69, 9.17) is 15.2 Å². The number of hydrogen-bond donors (Lipinski definition) is 1. The van der Waals surface area contributed by atoms with Crippen LogP contribution in [0.15, 0.2) is 12.7 Å². The maximum absolute atomic E-state index is 5.82. The van der Waals surface area contributed by atoms with Crippen molar-refractivity contribution in [3.63, 3.8) is 0 Å². The zero-order valence-electron chi connectivity index (χ0n) is 13.2. The zero-order valence-corrected chi connectivity index (χ0v) is 13.2. The Morgan fingerprint density at radius 1 is 1.26 bits per heavy atom. The molecule has 1 saturated carbocycles. The Bertz CT molecular complexity index is 668. The quantitative estimate of drug-likeness (QED) is 0.876. The summed E-state index contributed by atoms with van der Waals surface area (Å²) in [5, 5.41) is 0. The summed E-state index contributed by atoms with van der Waals surface area (Å²) < 4.78 is 13.5. The molecule has 3 atom stereocenters. The summed E-state index contributed by atoms with van der Waals surface area (Å²) in [5.74, 6) is 1.86. The molecular formula is C16H23N5O2. The fourth-order valence-corrected chi connectivity index (χ4v) is 3.37. The number of aromatic nitrogens is 4. The molecule has 0 bridgehead atoms. The highest BCUT2D eigenvalue weighted by Gasteiger charge is 2.37. The Balaban J connectivity index is 1.25. The van der Waals surface area contributed by atoms with E-state index >= 15 is 0 Å². The minimum atomic E-state index is 0.0261. The van der Waals surface area contributed by atoms with Gasteiger partial charge in [-0.25, -0.2) is 15.0 Å². The number of fused-ring (bicyclic) bond motifs is 1. The third-order valence-corrected chi connectivity index (χ3v) is 4.86. The highest BCUT2D eigenvalue weighted by atomic mass is 16.7. The summed E-state index contributed by atoms with van der Waals surface area (Å²) in [6.07, 6.45) is 9.11. The van der Waals surface area contributed by atoms with Gasteiger partial charge in [0, 0.05) is 13.2 Å². The first-order chi connectivity index (χ1) is 11.3. The number of nitrogen functional groups attached to an aromatic ring is 1. The van der Waals surface area contributed by atoms with Crippen LogP contribution in [0.4, 0.5) is 5.82 Å². The molecule has 7 heteroatoms. The molecular weight excluding hydrogens is 294 g/mol. The van der Waals surface area contributed by atoms with Gasteiger partial charge < -0.3 is 19.8 Å². The molecule has 0 amide bonds. The van der Waals surface area contributed by atoms with Crippen LogP contribution >= 0.6 is 0 Å². The van der Waals surface area contributed by atoms with Crippen molar-refractivity contribution in [3.8, 4) is 0 Å². The van der Waals surface area contributed by atoms with E-state index in [1.165, 1.54) is 19.2 Å². The van der Waals surface area contributed by atoms with Gasteiger partial charge in [0.2, 0.25) is 0 Å². The predicted octanol–water partition coefficient (Wildman–Crippen LogP) is 1.98. The SMILES string of the molecule is Nc1ncnc2c1ncn2C[C@@H]1C[C@H]1CCOC1CCCCO1. The largest absolute Gasteiger partial charge is 0.382 e. The van der Waals surface area contributed by atoms with Crippen LogP contribution in [0.2, 0.25) is 0 Å². The summed E-state index contributed by atoms with van der Waals surface area (Å²) in [5.41, 5.74) is 7.35. The topological polar surface area (TPSA) is 88.1 Å². The van der Waals surface area contributed by atoms with Crippen LogP contribution in [-0.4, -0.2) is 39.0 Å². The number of imidazole rings is 1. The second kappa shape index (κ2) is 6.41. The summed E-state index contributed by atoms with van der Waals surface area (Å²) >= 11 is 0. The molecule has 7 nitrogen and oxygen atoms in total. The van der Waals surface area contributed by atoms with Crippen molar-refractivity contribution < 1.29 is 9.47 Å². The van der Waals surface area contributed by atoms with Crippen LogP contribution in [0.1, 0.15) is 32.1 Å². The van der Waals surface area contributed by atoms with Crippen molar-refractivity contribution in [2.24, 2.45) is 11.8 Å². The first kappa shape index (κ1) is 14.8. The number of anilines is 1. The number of nitrogens with zero attached hydrogens (tertiary/aromatic N) is 4. The van der Waals surface area contributed by atoms with Gasteiger partial charge in [0.05, 0.1) is 12.9 Å². The van der Waals surface area contributed by atoms with Crippen molar-refractivity contribution in [2.75, 3.05) is 18.9 Å². The maximum atomic E-state index is 5.82. The van der Waals surface area contributed by atoms with E-state index < -0.39 is 0 Å². The van der Waals surface area contributed by atoms with Crippen molar-refractivity contribution in [2.45, 2.75) is 44.9 Å². The summed E-state index contributed by atoms with van der Waals surface area (Å²) in [6.45, 7) is 2.58. The van der Waals surface area contributed by atoms with Crippen molar-refractivity contribution in [3.05, 3.63) is 12.7 Å². The Hall–Kier alpha value is -1.73. The van der Waals surface area contributed by atoms with Crippen LogP contribution in [0.3, 0.4) is 0 Å². The third kappa shape index (κ3) is 3.30. The molecule has 2 aromatic heterocycles. The fraction of sp³-hybridized carbons (Fsp3) is 0.688. The van der Waals surface area contributed by atoms with Gasteiger partial charge >= 0.3 is 0 Å². The van der Waals surface area contributed by atoms with Gasteiger partial charge in [0.25, 0.3) is 0 Å². The molecule has 2 aliphatic rings. The van der Waals surface area contributed by atoms with E-state index in [0.717, 1.165) is 50.6 Å². The molecule has 0 aromatic carbocycles. The van der Waals surface area contributed by atoms with E-state index in [9.17, 15) is 0 Å². The zero-order chi connectivity index (χ0) is 15.6. The van der Waals surface area contributed by atoms with E-state index in [0.29, 0.717) is 17.3 Å². The molecule has 2 N–H and O–H groups in total. The summed E-state index contributed by atoms with van der Waals surface area (Å²) in [6, 6.07) is 0. The lowest BCUT2D eigenvalue weighted by Crippen LogP contribution is -2.22. The maximum Gasteiger partial charge on any atom is 0.165 e. The van der Waals surface area contributed by atoms with Gasteiger partial charge in [-0.15, -0.1) is 0 Å². The average Bonchev–Trinajstić information content (AvgIpc) is 3.17. The molecule has 0 radical (unpaired) electrons. The van der Waals surface area contributed by atoms with Crippen molar-refractivity contribution in [1.82, 2.24) is 19.5 Å². The van der Waals surface area contributed by atoms with Crippen LogP contribution in [-0.2, 0) is 16.0 Å². The molecule has 1 aliphatic carbocycles. The fourth-order valence-electron chi connectivity index (χ4n) is 3.37. The van der Waals surface area contributed by atoms with Crippen molar-refractivity contribution in [1.29, 1.82) is 0 Å². The summed E-state index contributed by atoms with van der Waals surface area (Å²) in [7, 11) is 0. The molecule has 1 saturated heterocycles. The molecule has 23 heavy (non-hydrogen) atoms. The van der Waals surface area contributed by atoms with E-state index in [1.54, 1.807) is 0 Å². The number of ether oxygens (including phenoxy) is 2. The highest BCUT2D eigenvalue weighted by molar-refractivity contribution is 5.81. The van der Waals surface area contributed by atoms with Crippen LogP contribution in [0.25, 0.3) is 11.2 Å². The smallest absolute Gasteiger partial charge is 0.165 e. The third-order valence-electron chi connectivity index (χ3n) is 4.86. The van der Waals surface area contributed by atoms with Gasteiger partial charge in [-0.05, 0) is 43.9 Å². The molecule has 0 spiro atoms. The number of rotatable bonds is 6. The predicted molar refractivity (Wildman–Crippen MR) is 85.5 cm³/mol. The lowest BCUT2D eigenvalue weighted by Gasteiger charge is -2.22. The first-order valence-corrected chi connectivity index (χ1v) is 8.46. The van der Waals surface area contributed by atoms with Gasteiger partial charge in [-0.2, -0.15) is 0 Å². The Morgan fingerprint density at radius 2 is 2.22 bits per heavy atom. The van der Waals surface area contributed by atoms with E-state index in [-0.39, 0.29) is 6.29 Å².